The summed E-state index contributed by atoms with van der Waals surface area (Å²) in [4.78, 5) is 0. The maximum atomic E-state index is 7.18. The summed E-state index contributed by atoms with van der Waals surface area (Å²) in [5.74, 6) is 4.84. The lowest BCUT2D eigenvalue weighted by molar-refractivity contribution is 0.240. The number of fused-ring (bicyclic) bond motifs is 6. The molecule has 0 radical (unpaired) electrons. The van der Waals surface area contributed by atoms with Crippen LogP contribution in [0.2, 0.25) is 0 Å². The molecular weight excluding hydrogens is 584 g/mol. The molecule has 0 atom stereocenters. The van der Waals surface area contributed by atoms with Crippen molar-refractivity contribution in [1.29, 1.82) is 0 Å². The van der Waals surface area contributed by atoms with Crippen LogP contribution >= 0.6 is 0 Å². The Kier molecular flexibility index (Phi) is 8.27. The van der Waals surface area contributed by atoms with Gasteiger partial charge in [-0.3, -0.25) is 0 Å². The second-order valence-corrected chi connectivity index (χ2v) is 15.1. The van der Waals surface area contributed by atoms with E-state index >= 15 is 0 Å². The molecule has 2 aliphatic carbocycles. The number of ether oxygens (including phenoxy) is 5. The molecule has 0 aliphatic heterocycles. The standard InChI is InChI=1S/C42H50O5/c1-23(2)43-27-13-15-31-33(17-27)41(9,10)35-19-29(45-25(5)6)21-37(39(31)35)47-38-22-30(46-26(7)8)20-36-40(38)32-16-14-28(44-24(3)4)18-34(32)42(36,11)12/h13-26H,1-12H3. The average molecular weight is 635 g/mol. The highest BCUT2D eigenvalue weighted by Crippen LogP contribution is 2.58. The molecule has 0 saturated carbocycles. The second kappa shape index (κ2) is 11.8. The van der Waals surface area contributed by atoms with Gasteiger partial charge in [0, 0.05) is 34.1 Å². The SMILES string of the molecule is CC(C)Oc1ccc2c(c1)C(C)(C)c1cc(OC(C)C)cc(Oc3cc(OC(C)C)cc4c3-c3ccc(OC(C)C)cc3C4(C)C)c1-2. The molecular formula is C42H50O5. The second-order valence-electron chi connectivity index (χ2n) is 15.1. The van der Waals surface area contributed by atoms with E-state index in [2.05, 4.69) is 132 Å². The third kappa shape index (κ3) is 5.94. The van der Waals surface area contributed by atoms with E-state index in [9.17, 15) is 0 Å². The van der Waals surface area contributed by atoms with Crippen LogP contribution in [0.4, 0.5) is 0 Å². The van der Waals surface area contributed by atoms with Gasteiger partial charge in [-0.15, -0.1) is 0 Å². The minimum Gasteiger partial charge on any atom is -0.491 e. The Morgan fingerprint density at radius 2 is 0.723 bits per heavy atom. The van der Waals surface area contributed by atoms with Crippen LogP contribution in [-0.2, 0) is 10.8 Å². The van der Waals surface area contributed by atoms with Gasteiger partial charge in [-0.25, -0.2) is 0 Å². The van der Waals surface area contributed by atoms with Crippen molar-refractivity contribution in [3.05, 3.63) is 82.9 Å². The lowest BCUT2D eigenvalue weighted by Crippen LogP contribution is -2.16. The lowest BCUT2D eigenvalue weighted by atomic mass is 9.82. The fourth-order valence-electron chi connectivity index (χ4n) is 7.18. The van der Waals surface area contributed by atoms with Crippen LogP contribution in [0.5, 0.6) is 34.5 Å². The van der Waals surface area contributed by atoms with E-state index in [1.165, 1.54) is 22.3 Å². The van der Waals surface area contributed by atoms with Gasteiger partial charge in [-0.1, -0.05) is 39.8 Å². The highest BCUT2D eigenvalue weighted by Gasteiger charge is 2.41. The van der Waals surface area contributed by atoms with Crippen LogP contribution in [0.3, 0.4) is 0 Å². The van der Waals surface area contributed by atoms with Crippen LogP contribution in [0.25, 0.3) is 22.3 Å². The Balaban J connectivity index is 1.57. The van der Waals surface area contributed by atoms with Crippen molar-refractivity contribution in [2.75, 3.05) is 0 Å². The first-order valence-electron chi connectivity index (χ1n) is 17.1. The summed E-state index contributed by atoms with van der Waals surface area (Å²) in [6.45, 7) is 25.5. The van der Waals surface area contributed by atoms with Gasteiger partial charge in [0.15, 0.2) is 0 Å². The molecule has 0 heterocycles. The fraction of sp³-hybridized carbons (Fsp3) is 0.429. The zero-order valence-electron chi connectivity index (χ0n) is 30.1. The van der Waals surface area contributed by atoms with Crippen molar-refractivity contribution < 1.29 is 23.7 Å². The molecule has 5 heteroatoms. The molecule has 0 N–H and O–H groups in total. The lowest BCUT2D eigenvalue weighted by Gasteiger charge is -2.25. The van der Waals surface area contributed by atoms with Crippen molar-refractivity contribution in [1.82, 2.24) is 0 Å². The van der Waals surface area contributed by atoms with Crippen molar-refractivity contribution in [3.63, 3.8) is 0 Å². The molecule has 2 aliphatic rings. The summed E-state index contributed by atoms with van der Waals surface area (Å²) in [6.07, 6.45) is 0.210. The minimum atomic E-state index is -0.290. The van der Waals surface area contributed by atoms with Crippen molar-refractivity contribution in [2.45, 2.75) is 118 Å². The number of hydrogen-bond acceptors (Lipinski definition) is 5. The van der Waals surface area contributed by atoms with E-state index in [0.717, 1.165) is 56.8 Å². The van der Waals surface area contributed by atoms with E-state index in [-0.39, 0.29) is 35.2 Å². The van der Waals surface area contributed by atoms with Gasteiger partial charge < -0.3 is 23.7 Å². The van der Waals surface area contributed by atoms with Crippen LogP contribution in [0, 0.1) is 0 Å². The van der Waals surface area contributed by atoms with E-state index in [4.69, 9.17) is 23.7 Å². The Labute approximate surface area is 281 Å². The highest BCUT2D eigenvalue weighted by molar-refractivity contribution is 5.89. The molecule has 0 fully saturated rings. The quantitative estimate of drug-likeness (QED) is 0.174. The topological polar surface area (TPSA) is 46.2 Å². The van der Waals surface area contributed by atoms with Gasteiger partial charge >= 0.3 is 0 Å². The summed E-state index contributed by atoms with van der Waals surface area (Å²) in [5, 5.41) is 0. The Morgan fingerprint density at radius 3 is 1.06 bits per heavy atom. The van der Waals surface area contributed by atoms with Crippen LogP contribution in [-0.4, -0.2) is 24.4 Å². The maximum absolute atomic E-state index is 7.18. The predicted molar refractivity (Wildman–Crippen MR) is 191 cm³/mol. The smallest absolute Gasteiger partial charge is 0.139 e. The molecule has 4 aromatic rings. The molecule has 47 heavy (non-hydrogen) atoms. The predicted octanol–water partition coefficient (Wildman–Crippen LogP) is 11.2. The number of hydrogen-bond donors (Lipinski definition) is 0. The normalized spacial score (nSPS) is 15.1. The molecule has 6 rings (SSSR count). The van der Waals surface area contributed by atoms with Gasteiger partial charge in [-0.05, 0) is 125 Å². The molecule has 248 valence electrons. The Morgan fingerprint density at radius 1 is 0.404 bits per heavy atom. The van der Waals surface area contributed by atoms with Crippen LogP contribution < -0.4 is 23.7 Å². The average Bonchev–Trinajstić information content (AvgIpc) is 3.31. The third-order valence-corrected chi connectivity index (χ3v) is 9.07. The first-order valence-corrected chi connectivity index (χ1v) is 17.1. The number of rotatable bonds is 10. The summed E-state index contributed by atoms with van der Waals surface area (Å²) in [6, 6.07) is 21.3. The first kappa shape index (κ1) is 32.8. The molecule has 0 unspecified atom stereocenters. The van der Waals surface area contributed by atoms with E-state index < -0.39 is 0 Å². The first-order chi connectivity index (χ1) is 22.1. The fourth-order valence-corrected chi connectivity index (χ4v) is 7.18. The Hall–Kier alpha value is -4.12. The highest BCUT2D eigenvalue weighted by atomic mass is 16.5. The molecule has 0 saturated heterocycles. The summed E-state index contributed by atoms with van der Waals surface area (Å²) >= 11 is 0. The van der Waals surface area contributed by atoms with Gasteiger partial charge in [0.1, 0.15) is 34.5 Å². The number of benzene rings is 4. The molecule has 0 bridgehead atoms. The molecule has 0 aromatic heterocycles. The molecule has 4 aromatic carbocycles. The van der Waals surface area contributed by atoms with Crippen molar-refractivity contribution in [2.24, 2.45) is 0 Å². The zero-order chi connectivity index (χ0) is 34.0. The third-order valence-electron chi connectivity index (χ3n) is 9.07. The van der Waals surface area contributed by atoms with Gasteiger partial charge in [-0.2, -0.15) is 0 Å². The largest absolute Gasteiger partial charge is 0.491 e. The monoisotopic (exact) mass is 634 g/mol. The van der Waals surface area contributed by atoms with E-state index in [1.54, 1.807) is 0 Å². The van der Waals surface area contributed by atoms with Crippen LogP contribution in [0.1, 0.15) is 105 Å². The van der Waals surface area contributed by atoms with Crippen molar-refractivity contribution >= 4 is 0 Å². The van der Waals surface area contributed by atoms with Gasteiger partial charge in [0.25, 0.3) is 0 Å². The van der Waals surface area contributed by atoms with E-state index in [1.807, 2.05) is 12.1 Å². The zero-order valence-corrected chi connectivity index (χ0v) is 30.1. The molecule has 5 nitrogen and oxygen atoms in total. The summed E-state index contributed by atoms with van der Waals surface area (Å²) in [5.41, 5.74) is 8.65. The van der Waals surface area contributed by atoms with Crippen molar-refractivity contribution in [3.8, 4) is 56.8 Å². The Bertz CT molecular complexity index is 1690. The summed E-state index contributed by atoms with van der Waals surface area (Å²) < 4.78 is 32.1. The van der Waals surface area contributed by atoms with Gasteiger partial charge in [0.2, 0.25) is 0 Å². The van der Waals surface area contributed by atoms with Crippen LogP contribution in [0.15, 0.2) is 60.7 Å². The summed E-state index contributed by atoms with van der Waals surface area (Å²) in [7, 11) is 0. The van der Waals surface area contributed by atoms with E-state index in [0.29, 0.717) is 0 Å². The van der Waals surface area contributed by atoms with Gasteiger partial charge in [0.05, 0.1) is 24.4 Å². The maximum Gasteiger partial charge on any atom is 0.139 e. The minimum absolute atomic E-state index is 0.0146. The molecule has 0 spiro atoms. The molecule has 0 amide bonds.